The molecule has 0 radical (unpaired) electrons. The lowest BCUT2D eigenvalue weighted by molar-refractivity contribution is -0.218. The summed E-state index contributed by atoms with van der Waals surface area (Å²) in [4.78, 5) is 47.5. The Labute approximate surface area is 197 Å². The molecule has 0 aromatic rings. The number of carbonyl (C=O) groups excluding carboxylic acids is 3. The standard InChI is InChI=1S/C23H41N5O5/c1-21(2,3)32-20(31)23(8-10-24-11-9-23)27-14-16-28(17-15-27)33-19(30)22(4,25-18-29)26-12-6-5-7-13-26/h18,24H,5-17H2,1-4H3,(H,25,29). The van der Waals surface area contributed by atoms with Gasteiger partial charge < -0.3 is 20.2 Å². The summed E-state index contributed by atoms with van der Waals surface area (Å²) in [5.41, 5.74) is -2.39. The van der Waals surface area contributed by atoms with E-state index < -0.39 is 22.8 Å². The van der Waals surface area contributed by atoms with Crippen LogP contribution < -0.4 is 10.6 Å². The molecule has 1 atom stereocenters. The van der Waals surface area contributed by atoms with Crippen LogP contribution in [0.25, 0.3) is 0 Å². The Balaban J connectivity index is 1.63. The van der Waals surface area contributed by atoms with Crippen LogP contribution in [0, 0.1) is 0 Å². The van der Waals surface area contributed by atoms with Gasteiger partial charge in [-0.25, -0.2) is 4.79 Å². The van der Waals surface area contributed by atoms with E-state index in [-0.39, 0.29) is 5.97 Å². The molecule has 10 nitrogen and oxygen atoms in total. The molecular formula is C23H41N5O5. The molecule has 2 N–H and O–H groups in total. The predicted octanol–water partition coefficient (Wildman–Crippen LogP) is 0.474. The number of nitrogens with zero attached hydrogens (tertiary/aromatic N) is 3. The highest BCUT2D eigenvalue weighted by molar-refractivity contribution is 5.82. The average molecular weight is 468 g/mol. The molecule has 0 bridgehead atoms. The number of piperidine rings is 2. The summed E-state index contributed by atoms with van der Waals surface area (Å²) in [5, 5.41) is 7.67. The maximum absolute atomic E-state index is 13.2. The number of esters is 1. The number of ether oxygens (including phenoxy) is 1. The minimum absolute atomic E-state index is 0.171. The number of hydrogen-bond donors (Lipinski definition) is 2. The molecule has 33 heavy (non-hydrogen) atoms. The van der Waals surface area contributed by atoms with E-state index in [1.54, 1.807) is 12.0 Å². The van der Waals surface area contributed by atoms with E-state index in [4.69, 9.17) is 9.57 Å². The average Bonchev–Trinajstić information content (AvgIpc) is 2.79. The molecule has 3 aliphatic heterocycles. The molecule has 0 aliphatic carbocycles. The van der Waals surface area contributed by atoms with E-state index >= 15 is 0 Å². The summed E-state index contributed by atoms with van der Waals surface area (Å²) < 4.78 is 5.81. The van der Waals surface area contributed by atoms with Crippen LogP contribution in [0.5, 0.6) is 0 Å². The first kappa shape index (κ1) is 25.9. The van der Waals surface area contributed by atoms with Gasteiger partial charge in [-0.3, -0.25) is 19.4 Å². The summed E-state index contributed by atoms with van der Waals surface area (Å²) in [6.07, 6.45) is 5.05. The van der Waals surface area contributed by atoms with Gasteiger partial charge in [-0.15, -0.1) is 5.06 Å². The van der Waals surface area contributed by atoms with Gasteiger partial charge in [0.2, 0.25) is 6.41 Å². The van der Waals surface area contributed by atoms with Crippen molar-refractivity contribution in [2.24, 2.45) is 0 Å². The molecule has 10 heteroatoms. The van der Waals surface area contributed by atoms with Gasteiger partial charge in [0.15, 0.2) is 5.66 Å². The molecule has 0 saturated carbocycles. The molecule has 3 heterocycles. The molecule has 0 aromatic heterocycles. The van der Waals surface area contributed by atoms with Crippen molar-refractivity contribution in [3.63, 3.8) is 0 Å². The van der Waals surface area contributed by atoms with Crippen LogP contribution in [-0.2, 0) is 24.0 Å². The number of piperazine rings is 1. The first-order valence-electron chi connectivity index (χ1n) is 12.2. The van der Waals surface area contributed by atoms with Gasteiger partial charge in [0.05, 0.1) is 0 Å². The Morgan fingerprint density at radius 3 is 2.09 bits per heavy atom. The van der Waals surface area contributed by atoms with E-state index in [2.05, 4.69) is 15.5 Å². The number of nitrogens with one attached hydrogen (secondary N) is 2. The van der Waals surface area contributed by atoms with Crippen LogP contribution in [0.2, 0.25) is 0 Å². The number of rotatable bonds is 7. The summed E-state index contributed by atoms with van der Waals surface area (Å²) in [7, 11) is 0. The number of amides is 1. The molecule has 0 spiro atoms. The fourth-order valence-electron chi connectivity index (χ4n) is 5.01. The third-order valence-electron chi connectivity index (χ3n) is 6.99. The van der Waals surface area contributed by atoms with Crippen LogP contribution in [0.15, 0.2) is 0 Å². The monoisotopic (exact) mass is 467 g/mol. The highest BCUT2D eigenvalue weighted by atomic mass is 16.7. The number of hydrogen-bond acceptors (Lipinski definition) is 9. The summed E-state index contributed by atoms with van der Waals surface area (Å²) >= 11 is 0. The lowest BCUT2D eigenvalue weighted by Gasteiger charge is -2.48. The third kappa shape index (κ3) is 6.03. The minimum Gasteiger partial charge on any atom is -0.459 e. The van der Waals surface area contributed by atoms with E-state index in [1.807, 2.05) is 25.7 Å². The van der Waals surface area contributed by atoms with E-state index in [0.29, 0.717) is 45.4 Å². The zero-order valence-electron chi connectivity index (χ0n) is 20.7. The van der Waals surface area contributed by atoms with Crippen LogP contribution in [0.1, 0.15) is 59.8 Å². The zero-order valence-corrected chi connectivity index (χ0v) is 20.7. The lowest BCUT2D eigenvalue weighted by Crippen LogP contribution is -2.66. The van der Waals surface area contributed by atoms with Crippen molar-refractivity contribution in [1.82, 2.24) is 25.5 Å². The molecule has 3 fully saturated rings. The molecule has 0 aromatic carbocycles. The molecule has 188 valence electrons. The van der Waals surface area contributed by atoms with Crippen LogP contribution >= 0.6 is 0 Å². The largest absolute Gasteiger partial charge is 0.459 e. The second-order valence-electron chi connectivity index (χ2n) is 10.5. The van der Waals surface area contributed by atoms with Crippen molar-refractivity contribution < 1.29 is 24.0 Å². The van der Waals surface area contributed by atoms with Crippen molar-refractivity contribution in [3.8, 4) is 0 Å². The Hall–Kier alpha value is -1.75. The number of carbonyl (C=O) groups is 3. The van der Waals surface area contributed by atoms with Crippen LogP contribution in [-0.4, -0.2) is 102 Å². The highest BCUT2D eigenvalue weighted by Gasteiger charge is 2.49. The van der Waals surface area contributed by atoms with Gasteiger partial charge in [-0.2, -0.15) is 0 Å². The Morgan fingerprint density at radius 2 is 1.55 bits per heavy atom. The van der Waals surface area contributed by atoms with Crippen molar-refractivity contribution in [2.75, 3.05) is 52.4 Å². The van der Waals surface area contributed by atoms with Crippen LogP contribution in [0.3, 0.4) is 0 Å². The second-order valence-corrected chi connectivity index (χ2v) is 10.5. The zero-order chi connectivity index (χ0) is 24.1. The quantitative estimate of drug-likeness (QED) is 0.409. The first-order chi connectivity index (χ1) is 15.6. The third-order valence-corrected chi connectivity index (χ3v) is 6.99. The Morgan fingerprint density at radius 1 is 0.939 bits per heavy atom. The Bertz CT molecular complexity index is 692. The molecule has 3 rings (SSSR count). The van der Waals surface area contributed by atoms with Crippen LogP contribution in [0.4, 0.5) is 0 Å². The van der Waals surface area contributed by atoms with Gasteiger partial charge in [0, 0.05) is 39.3 Å². The smallest absolute Gasteiger partial charge is 0.365 e. The fourth-order valence-corrected chi connectivity index (χ4v) is 5.01. The number of likely N-dealkylation sites (tertiary alicyclic amines) is 1. The van der Waals surface area contributed by atoms with Crippen molar-refractivity contribution in [1.29, 1.82) is 0 Å². The molecule has 3 aliphatic rings. The topological polar surface area (TPSA) is 103 Å². The van der Waals surface area contributed by atoms with Crippen molar-refractivity contribution in [3.05, 3.63) is 0 Å². The fraction of sp³-hybridized carbons (Fsp3) is 0.870. The molecule has 1 amide bonds. The molecule has 3 saturated heterocycles. The summed E-state index contributed by atoms with van der Waals surface area (Å²) in [6, 6.07) is 0. The van der Waals surface area contributed by atoms with Gasteiger partial charge in [-0.1, -0.05) is 6.42 Å². The maximum atomic E-state index is 13.2. The maximum Gasteiger partial charge on any atom is 0.365 e. The van der Waals surface area contributed by atoms with Crippen molar-refractivity contribution >= 4 is 18.3 Å². The lowest BCUT2D eigenvalue weighted by atomic mass is 9.85. The van der Waals surface area contributed by atoms with Gasteiger partial charge in [-0.05, 0) is 66.5 Å². The normalized spacial score (nSPS) is 25.0. The van der Waals surface area contributed by atoms with E-state index in [9.17, 15) is 14.4 Å². The Kier molecular flexibility index (Phi) is 8.36. The van der Waals surface area contributed by atoms with Gasteiger partial charge in [0.1, 0.15) is 11.1 Å². The van der Waals surface area contributed by atoms with Gasteiger partial charge in [0.25, 0.3) is 0 Å². The second kappa shape index (κ2) is 10.7. The molecular weight excluding hydrogens is 426 g/mol. The SMILES string of the molecule is CC(C)(C)OC(=O)C1(N2CCN(OC(=O)C(C)(NC=O)N3CCCCC3)CC2)CCNCC1. The predicted molar refractivity (Wildman–Crippen MR) is 123 cm³/mol. The van der Waals surface area contributed by atoms with Crippen molar-refractivity contribution in [2.45, 2.75) is 76.6 Å². The number of hydroxylamine groups is 2. The minimum atomic E-state index is -1.19. The highest BCUT2D eigenvalue weighted by Crippen LogP contribution is 2.31. The van der Waals surface area contributed by atoms with E-state index in [1.165, 1.54) is 0 Å². The van der Waals surface area contributed by atoms with Gasteiger partial charge >= 0.3 is 11.9 Å². The molecule has 1 unspecified atom stereocenters. The first-order valence-corrected chi connectivity index (χ1v) is 12.2. The van der Waals surface area contributed by atoms with E-state index in [0.717, 1.165) is 45.4 Å². The summed E-state index contributed by atoms with van der Waals surface area (Å²) in [6.45, 7) is 12.6. The summed E-state index contributed by atoms with van der Waals surface area (Å²) in [5.74, 6) is -0.650.